The van der Waals surface area contributed by atoms with Crippen LogP contribution in [0.15, 0.2) is 24.3 Å². The smallest absolute Gasteiger partial charge is 0.317 e. The fourth-order valence-electron chi connectivity index (χ4n) is 4.68. The van der Waals surface area contributed by atoms with Gasteiger partial charge < -0.3 is 15.0 Å². The summed E-state index contributed by atoms with van der Waals surface area (Å²) >= 11 is 0. The highest BCUT2D eigenvalue weighted by molar-refractivity contribution is 5.75. The summed E-state index contributed by atoms with van der Waals surface area (Å²) in [4.78, 5) is 27.0. The SMILES string of the molecule is CCOC(=O)C1CCC(CNC(=O)N2CCCCC[C@H]2c2ccc(C)cc2)CC1. The van der Waals surface area contributed by atoms with Gasteiger partial charge in [-0.3, -0.25) is 4.79 Å². The van der Waals surface area contributed by atoms with E-state index >= 15 is 0 Å². The van der Waals surface area contributed by atoms with E-state index < -0.39 is 0 Å². The van der Waals surface area contributed by atoms with Gasteiger partial charge in [0.15, 0.2) is 0 Å². The number of hydrogen-bond donors (Lipinski definition) is 1. The molecular formula is C24H36N2O3. The summed E-state index contributed by atoms with van der Waals surface area (Å²) in [7, 11) is 0. The molecule has 2 aliphatic rings. The van der Waals surface area contributed by atoms with Crippen molar-refractivity contribution in [3.63, 3.8) is 0 Å². The molecule has 5 nitrogen and oxygen atoms in total. The monoisotopic (exact) mass is 400 g/mol. The maximum absolute atomic E-state index is 13.0. The minimum atomic E-state index is -0.0551. The van der Waals surface area contributed by atoms with E-state index in [0.29, 0.717) is 19.1 Å². The quantitative estimate of drug-likeness (QED) is 0.708. The van der Waals surface area contributed by atoms with Crippen molar-refractivity contribution in [3.8, 4) is 0 Å². The van der Waals surface area contributed by atoms with Gasteiger partial charge in [-0.15, -0.1) is 0 Å². The molecule has 1 saturated heterocycles. The Labute approximate surface area is 175 Å². The molecule has 1 atom stereocenters. The van der Waals surface area contributed by atoms with E-state index in [9.17, 15) is 9.59 Å². The van der Waals surface area contributed by atoms with Crippen molar-refractivity contribution < 1.29 is 14.3 Å². The fourth-order valence-corrected chi connectivity index (χ4v) is 4.68. The van der Waals surface area contributed by atoms with Crippen molar-refractivity contribution in [1.29, 1.82) is 0 Å². The number of hydrogen-bond acceptors (Lipinski definition) is 3. The van der Waals surface area contributed by atoms with E-state index in [2.05, 4.69) is 36.5 Å². The van der Waals surface area contributed by atoms with Crippen LogP contribution in [0.4, 0.5) is 4.79 Å². The van der Waals surface area contributed by atoms with Gasteiger partial charge in [0.1, 0.15) is 0 Å². The molecule has 1 heterocycles. The lowest BCUT2D eigenvalue weighted by Crippen LogP contribution is -2.44. The Hall–Kier alpha value is -2.04. The lowest BCUT2D eigenvalue weighted by Gasteiger charge is -2.32. The summed E-state index contributed by atoms with van der Waals surface area (Å²) < 4.78 is 5.15. The summed E-state index contributed by atoms with van der Waals surface area (Å²) in [5, 5.41) is 3.20. The van der Waals surface area contributed by atoms with Crippen LogP contribution in [-0.2, 0) is 9.53 Å². The van der Waals surface area contributed by atoms with Gasteiger partial charge in [-0.05, 0) is 63.9 Å². The van der Waals surface area contributed by atoms with Crippen molar-refractivity contribution in [2.75, 3.05) is 19.7 Å². The molecule has 0 aromatic heterocycles. The number of rotatable bonds is 5. The standard InChI is InChI=1S/C24H36N2O3/c1-3-29-23(27)21-14-10-19(11-15-21)17-25-24(28)26-16-6-4-5-7-22(26)20-12-8-18(2)9-13-20/h8-9,12-13,19,21-22H,3-7,10-11,14-17H2,1-2H3,(H,25,28)/t19?,21?,22-/m0/s1. The Kier molecular flexibility index (Phi) is 7.96. The molecular weight excluding hydrogens is 364 g/mol. The molecule has 160 valence electrons. The number of nitrogens with zero attached hydrogens (tertiary/aromatic N) is 1. The van der Waals surface area contributed by atoms with E-state index in [1.807, 2.05) is 11.8 Å². The maximum atomic E-state index is 13.0. The minimum absolute atomic E-state index is 0.0402. The van der Waals surface area contributed by atoms with Gasteiger partial charge >= 0.3 is 12.0 Å². The van der Waals surface area contributed by atoms with Gasteiger partial charge in [0.2, 0.25) is 0 Å². The zero-order chi connectivity index (χ0) is 20.6. The van der Waals surface area contributed by atoms with Gasteiger partial charge in [0.25, 0.3) is 0 Å². The molecule has 2 fully saturated rings. The lowest BCUT2D eigenvalue weighted by molar-refractivity contribution is -0.149. The first-order valence-corrected chi connectivity index (χ1v) is 11.4. The average molecular weight is 401 g/mol. The highest BCUT2D eigenvalue weighted by Crippen LogP contribution is 2.31. The molecule has 2 amide bonds. The first kappa shape index (κ1) is 21.7. The van der Waals surface area contributed by atoms with Crippen LogP contribution < -0.4 is 5.32 Å². The molecule has 1 aromatic carbocycles. The molecule has 0 radical (unpaired) electrons. The molecule has 5 heteroatoms. The molecule has 1 saturated carbocycles. The number of nitrogens with one attached hydrogen (secondary N) is 1. The Morgan fingerprint density at radius 3 is 2.45 bits per heavy atom. The molecule has 0 unspecified atom stereocenters. The number of benzene rings is 1. The highest BCUT2D eigenvalue weighted by Gasteiger charge is 2.29. The minimum Gasteiger partial charge on any atom is -0.466 e. The Morgan fingerprint density at radius 2 is 1.76 bits per heavy atom. The van der Waals surface area contributed by atoms with Crippen LogP contribution >= 0.6 is 0 Å². The molecule has 1 aromatic rings. The van der Waals surface area contributed by atoms with E-state index in [-0.39, 0.29) is 24.0 Å². The van der Waals surface area contributed by atoms with E-state index in [4.69, 9.17) is 4.74 Å². The predicted octanol–water partition coefficient (Wildman–Crippen LogP) is 4.99. The number of carbonyl (C=O) groups is 2. The molecule has 3 rings (SSSR count). The summed E-state index contributed by atoms with van der Waals surface area (Å²) in [5.74, 6) is 0.438. The second-order valence-electron chi connectivity index (χ2n) is 8.62. The number of aryl methyl sites for hydroxylation is 1. The van der Waals surface area contributed by atoms with Crippen LogP contribution in [0.2, 0.25) is 0 Å². The van der Waals surface area contributed by atoms with E-state index in [1.165, 1.54) is 24.0 Å². The number of urea groups is 1. The normalized spacial score (nSPS) is 25.2. The number of ether oxygens (including phenoxy) is 1. The zero-order valence-electron chi connectivity index (χ0n) is 18.0. The van der Waals surface area contributed by atoms with Crippen molar-refractivity contribution in [1.82, 2.24) is 10.2 Å². The average Bonchev–Trinajstić information content (AvgIpc) is 2.99. The first-order chi connectivity index (χ1) is 14.1. The van der Waals surface area contributed by atoms with Gasteiger partial charge in [0.05, 0.1) is 18.6 Å². The van der Waals surface area contributed by atoms with Gasteiger partial charge in [0, 0.05) is 13.1 Å². The van der Waals surface area contributed by atoms with E-state index in [0.717, 1.165) is 45.1 Å². The molecule has 0 bridgehead atoms. The highest BCUT2D eigenvalue weighted by atomic mass is 16.5. The van der Waals surface area contributed by atoms with Crippen molar-refractivity contribution in [2.45, 2.75) is 71.3 Å². The van der Waals surface area contributed by atoms with Crippen LogP contribution in [0.1, 0.15) is 75.5 Å². The Balaban J connectivity index is 1.53. The maximum Gasteiger partial charge on any atom is 0.317 e. The first-order valence-electron chi connectivity index (χ1n) is 11.4. The number of carbonyl (C=O) groups excluding carboxylic acids is 2. The van der Waals surface area contributed by atoms with Crippen LogP contribution in [0.25, 0.3) is 0 Å². The Morgan fingerprint density at radius 1 is 1.03 bits per heavy atom. The second kappa shape index (κ2) is 10.7. The Bertz CT molecular complexity index is 665. The molecule has 1 aliphatic carbocycles. The largest absolute Gasteiger partial charge is 0.466 e. The summed E-state index contributed by atoms with van der Waals surface area (Å²) in [6.45, 7) is 5.92. The van der Waals surface area contributed by atoms with Gasteiger partial charge in [-0.2, -0.15) is 0 Å². The van der Waals surface area contributed by atoms with Crippen molar-refractivity contribution >= 4 is 12.0 Å². The fraction of sp³-hybridized carbons (Fsp3) is 0.667. The second-order valence-corrected chi connectivity index (χ2v) is 8.62. The zero-order valence-corrected chi connectivity index (χ0v) is 18.0. The summed E-state index contributed by atoms with van der Waals surface area (Å²) in [6.07, 6.45) is 8.15. The molecule has 1 aliphatic heterocycles. The summed E-state index contributed by atoms with van der Waals surface area (Å²) in [5.41, 5.74) is 2.49. The van der Waals surface area contributed by atoms with Crippen molar-refractivity contribution in [3.05, 3.63) is 35.4 Å². The topological polar surface area (TPSA) is 58.6 Å². The van der Waals surface area contributed by atoms with Crippen molar-refractivity contribution in [2.24, 2.45) is 11.8 Å². The third kappa shape index (κ3) is 5.97. The molecule has 29 heavy (non-hydrogen) atoms. The summed E-state index contributed by atoms with van der Waals surface area (Å²) in [6, 6.07) is 8.84. The number of amides is 2. The van der Waals surface area contributed by atoms with Gasteiger partial charge in [-0.25, -0.2) is 4.79 Å². The number of likely N-dealkylation sites (tertiary alicyclic amines) is 1. The molecule has 0 spiro atoms. The van der Waals surface area contributed by atoms with Crippen LogP contribution in [0, 0.1) is 18.8 Å². The van der Waals surface area contributed by atoms with Gasteiger partial charge in [-0.1, -0.05) is 42.7 Å². The van der Waals surface area contributed by atoms with Crippen LogP contribution in [-0.4, -0.2) is 36.6 Å². The third-order valence-electron chi connectivity index (χ3n) is 6.48. The number of esters is 1. The third-order valence-corrected chi connectivity index (χ3v) is 6.48. The van der Waals surface area contributed by atoms with E-state index in [1.54, 1.807) is 0 Å². The lowest BCUT2D eigenvalue weighted by atomic mass is 9.82. The predicted molar refractivity (Wildman–Crippen MR) is 115 cm³/mol. The molecule has 1 N–H and O–H groups in total. The van der Waals surface area contributed by atoms with Crippen LogP contribution in [0.5, 0.6) is 0 Å². The van der Waals surface area contributed by atoms with Crippen LogP contribution in [0.3, 0.4) is 0 Å².